The van der Waals surface area contributed by atoms with Crippen LogP contribution in [-0.2, 0) is 0 Å². The van der Waals surface area contributed by atoms with E-state index in [4.69, 9.17) is 0 Å². The van der Waals surface area contributed by atoms with Crippen LogP contribution in [0.1, 0.15) is 26.2 Å². The van der Waals surface area contributed by atoms with Crippen molar-refractivity contribution < 1.29 is 13.2 Å². The Morgan fingerprint density at radius 3 is 2.52 bits per heavy atom. The lowest BCUT2D eigenvalue weighted by atomic mass is 10.1. The second-order valence-corrected chi connectivity index (χ2v) is 5.05. The summed E-state index contributed by atoms with van der Waals surface area (Å²) in [5, 5.41) is 7.33. The average molecular weight is 297 g/mol. The Hall–Kier alpha value is -1.98. The first-order chi connectivity index (χ1) is 9.94. The van der Waals surface area contributed by atoms with E-state index in [9.17, 15) is 13.2 Å². The van der Waals surface area contributed by atoms with Crippen LogP contribution in [0.5, 0.6) is 0 Å². The fraction of sp³-hybridized carbons (Fsp3) is 0.400. The quantitative estimate of drug-likeness (QED) is 0.856. The SMILES string of the molecule is CC(CCCC(F)(F)F)Nc1ccc(-n2cccn2)cc1. The van der Waals surface area contributed by atoms with E-state index >= 15 is 0 Å². The molecule has 21 heavy (non-hydrogen) atoms. The van der Waals surface area contributed by atoms with Crippen molar-refractivity contribution in [1.29, 1.82) is 0 Å². The molecule has 6 heteroatoms. The zero-order valence-electron chi connectivity index (χ0n) is 11.8. The number of nitrogens with zero attached hydrogens (tertiary/aromatic N) is 2. The van der Waals surface area contributed by atoms with Gasteiger partial charge in [-0.2, -0.15) is 18.3 Å². The fourth-order valence-electron chi connectivity index (χ4n) is 2.10. The molecule has 2 aromatic rings. The van der Waals surface area contributed by atoms with Crippen molar-refractivity contribution in [3.05, 3.63) is 42.7 Å². The minimum absolute atomic E-state index is 0.00269. The number of aromatic nitrogens is 2. The molecule has 0 radical (unpaired) electrons. The molecule has 1 N–H and O–H groups in total. The van der Waals surface area contributed by atoms with Crippen molar-refractivity contribution in [3.8, 4) is 5.69 Å². The third-order valence-corrected chi connectivity index (χ3v) is 3.15. The van der Waals surface area contributed by atoms with Gasteiger partial charge in [0.2, 0.25) is 0 Å². The highest BCUT2D eigenvalue weighted by molar-refractivity contribution is 5.48. The number of anilines is 1. The first-order valence-electron chi connectivity index (χ1n) is 6.87. The van der Waals surface area contributed by atoms with E-state index in [1.807, 2.05) is 43.5 Å². The van der Waals surface area contributed by atoms with Gasteiger partial charge in [-0.05, 0) is 50.1 Å². The fourth-order valence-corrected chi connectivity index (χ4v) is 2.10. The van der Waals surface area contributed by atoms with Crippen molar-refractivity contribution in [3.63, 3.8) is 0 Å². The zero-order chi connectivity index (χ0) is 15.3. The molecule has 0 aliphatic carbocycles. The number of benzene rings is 1. The average Bonchev–Trinajstić information content (AvgIpc) is 2.92. The monoisotopic (exact) mass is 297 g/mol. The third-order valence-electron chi connectivity index (χ3n) is 3.15. The summed E-state index contributed by atoms with van der Waals surface area (Å²) in [6.07, 6.45) is -0.608. The van der Waals surface area contributed by atoms with Crippen LogP contribution in [0.4, 0.5) is 18.9 Å². The van der Waals surface area contributed by atoms with E-state index in [0.29, 0.717) is 6.42 Å². The van der Waals surface area contributed by atoms with E-state index in [2.05, 4.69) is 10.4 Å². The molecule has 2 rings (SSSR count). The molecule has 0 aliphatic rings. The molecule has 114 valence electrons. The highest BCUT2D eigenvalue weighted by atomic mass is 19.4. The molecule has 3 nitrogen and oxygen atoms in total. The molecule has 1 atom stereocenters. The molecule has 0 fully saturated rings. The third kappa shape index (κ3) is 5.13. The number of hydrogen-bond donors (Lipinski definition) is 1. The molecule has 0 bridgehead atoms. The summed E-state index contributed by atoms with van der Waals surface area (Å²) < 4.78 is 38.0. The van der Waals surface area contributed by atoms with E-state index in [1.54, 1.807) is 10.9 Å². The highest BCUT2D eigenvalue weighted by Crippen LogP contribution is 2.23. The van der Waals surface area contributed by atoms with Crippen molar-refractivity contribution in [2.75, 3.05) is 5.32 Å². The summed E-state index contributed by atoms with van der Waals surface area (Å²) in [6, 6.07) is 9.47. The number of alkyl halides is 3. The van der Waals surface area contributed by atoms with Gasteiger partial charge in [-0.1, -0.05) is 0 Å². The Balaban J connectivity index is 1.83. The van der Waals surface area contributed by atoms with Crippen molar-refractivity contribution >= 4 is 5.69 Å². The Morgan fingerprint density at radius 2 is 1.95 bits per heavy atom. The van der Waals surface area contributed by atoms with Gasteiger partial charge in [0.15, 0.2) is 0 Å². The topological polar surface area (TPSA) is 29.9 Å². The summed E-state index contributed by atoms with van der Waals surface area (Å²) in [4.78, 5) is 0. The molecule has 0 aliphatic heterocycles. The summed E-state index contributed by atoms with van der Waals surface area (Å²) in [7, 11) is 0. The number of rotatable bonds is 6. The highest BCUT2D eigenvalue weighted by Gasteiger charge is 2.26. The van der Waals surface area contributed by atoms with Crippen LogP contribution in [0.2, 0.25) is 0 Å². The Morgan fingerprint density at radius 1 is 1.24 bits per heavy atom. The van der Waals surface area contributed by atoms with Gasteiger partial charge in [-0.3, -0.25) is 0 Å². The number of halogens is 3. The van der Waals surface area contributed by atoms with Gasteiger partial charge in [-0.15, -0.1) is 0 Å². The second kappa shape index (κ2) is 6.65. The van der Waals surface area contributed by atoms with Crippen molar-refractivity contribution in [2.45, 2.75) is 38.4 Å². The maximum absolute atomic E-state index is 12.1. The molecule has 1 aromatic heterocycles. The smallest absolute Gasteiger partial charge is 0.383 e. The van der Waals surface area contributed by atoms with Crippen LogP contribution in [0.15, 0.2) is 42.7 Å². The standard InChI is InChI=1S/C15H18F3N3/c1-12(4-2-9-15(16,17)18)20-13-5-7-14(8-6-13)21-11-3-10-19-21/h3,5-8,10-12,20H,2,4,9H2,1H3. The van der Waals surface area contributed by atoms with Gasteiger partial charge in [0.1, 0.15) is 0 Å². The lowest BCUT2D eigenvalue weighted by Crippen LogP contribution is -2.16. The molecule has 0 amide bonds. The number of nitrogens with one attached hydrogen (secondary N) is 1. The molecule has 1 aromatic carbocycles. The molecule has 0 spiro atoms. The van der Waals surface area contributed by atoms with Gasteiger partial charge in [0.25, 0.3) is 0 Å². The molecular weight excluding hydrogens is 279 g/mol. The summed E-state index contributed by atoms with van der Waals surface area (Å²) in [5.74, 6) is 0. The Kier molecular flexibility index (Phi) is 4.88. The first kappa shape index (κ1) is 15.4. The molecule has 0 saturated carbocycles. The van der Waals surface area contributed by atoms with Gasteiger partial charge < -0.3 is 5.32 Å². The molecule has 1 heterocycles. The van der Waals surface area contributed by atoms with Crippen LogP contribution in [-0.4, -0.2) is 22.0 Å². The molecular formula is C15H18F3N3. The van der Waals surface area contributed by atoms with E-state index in [1.165, 1.54) is 0 Å². The largest absolute Gasteiger partial charge is 0.389 e. The van der Waals surface area contributed by atoms with Gasteiger partial charge in [0.05, 0.1) is 5.69 Å². The summed E-state index contributed by atoms with van der Waals surface area (Å²) in [5.41, 5.74) is 1.83. The van der Waals surface area contributed by atoms with E-state index in [0.717, 1.165) is 11.4 Å². The van der Waals surface area contributed by atoms with Gasteiger partial charge in [-0.25, -0.2) is 4.68 Å². The minimum atomic E-state index is -4.06. The lowest BCUT2D eigenvalue weighted by molar-refractivity contribution is -0.135. The predicted octanol–water partition coefficient (Wildman–Crippen LogP) is 4.41. The predicted molar refractivity (Wildman–Crippen MR) is 76.6 cm³/mol. The van der Waals surface area contributed by atoms with E-state index < -0.39 is 12.6 Å². The van der Waals surface area contributed by atoms with Crippen molar-refractivity contribution in [2.24, 2.45) is 0 Å². The summed E-state index contributed by atoms with van der Waals surface area (Å²) >= 11 is 0. The maximum atomic E-state index is 12.1. The Bertz CT molecular complexity index is 532. The van der Waals surface area contributed by atoms with Crippen molar-refractivity contribution in [1.82, 2.24) is 9.78 Å². The Labute approximate surface area is 121 Å². The lowest BCUT2D eigenvalue weighted by Gasteiger charge is -2.16. The van der Waals surface area contributed by atoms with Gasteiger partial charge in [0, 0.05) is 30.5 Å². The maximum Gasteiger partial charge on any atom is 0.389 e. The van der Waals surface area contributed by atoms with E-state index in [-0.39, 0.29) is 12.5 Å². The number of hydrogen-bond acceptors (Lipinski definition) is 2. The van der Waals surface area contributed by atoms with Gasteiger partial charge >= 0.3 is 6.18 Å². The van der Waals surface area contributed by atoms with Crippen LogP contribution < -0.4 is 5.32 Å². The van der Waals surface area contributed by atoms with Crippen LogP contribution in [0, 0.1) is 0 Å². The molecule has 1 unspecified atom stereocenters. The van der Waals surface area contributed by atoms with Crippen LogP contribution in [0.25, 0.3) is 5.69 Å². The van der Waals surface area contributed by atoms with Crippen LogP contribution in [0.3, 0.4) is 0 Å². The molecule has 0 saturated heterocycles. The van der Waals surface area contributed by atoms with Crippen LogP contribution >= 0.6 is 0 Å². The summed E-state index contributed by atoms with van der Waals surface area (Å²) in [6.45, 7) is 1.89. The normalized spacial score (nSPS) is 13.1. The first-order valence-corrected chi connectivity index (χ1v) is 6.87. The second-order valence-electron chi connectivity index (χ2n) is 5.05. The zero-order valence-corrected chi connectivity index (χ0v) is 11.8. The minimum Gasteiger partial charge on any atom is -0.383 e.